The highest BCUT2D eigenvalue weighted by Crippen LogP contribution is 2.28. The molecule has 1 N–H and O–H groups in total. The second-order valence-corrected chi connectivity index (χ2v) is 7.48. The first kappa shape index (κ1) is 15.1. The first-order chi connectivity index (χ1) is 10.6. The van der Waals surface area contributed by atoms with Crippen molar-refractivity contribution in [2.45, 2.75) is 23.7 Å². The molecule has 2 aromatic heterocycles. The van der Waals surface area contributed by atoms with Crippen molar-refractivity contribution < 1.29 is 8.42 Å². The molecule has 1 aliphatic rings. The number of hydrogen-bond acceptors (Lipinski definition) is 6. The predicted molar refractivity (Wildman–Crippen MR) is 83.2 cm³/mol. The highest BCUT2D eigenvalue weighted by molar-refractivity contribution is 7.90. The molecular weight excluding hydrogens is 300 g/mol. The summed E-state index contributed by atoms with van der Waals surface area (Å²) in [7, 11) is -3.35. The van der Waals surface area contributed by atoms with Gasteiger partial charge in [0, 0.05) is 42.9 Å². The van der Waals surface area contributed by atoms with Crippen LogP contribution in [0.15, 0.2) is 35.6 Å². The molecule has 1 fully saturated rings. The molecule has 1 saturated heterocycles. The molecule has 0 aliphatic carbocycles. The van der Waals surface area contributed by atoms with Crippen LogP contribution >= 0.6 is 0 Å². The maximum Gasteiger partial charge on any atom is 0.178 e. The molecule has 6 nitrogen and oxygen atoms in total. The van der Waals surface area contributed by atoms with Crippen LogP contribution < -0.4 is 5.32 Å². The van der Waals surface area contributed by atoms with Crippen molar-refractivity contribution in [3.8, 4) is 11.4 Å². The Hall–Kier alpha value is -1.86. The van der Waals surface area contributed by atoms with Crippen LogP contribution in [0, 0.1) is 0 Å². The fourth-order valence-electron chi connectivity index (χ4n) is 2.68. The van der Waals surface area contributed by atoms with Crippen molar-refractivity contribution in [1.82, 2.24) is 20.3 Å². The molecule has 0 radical (unpaired) electrons. The molecule has 0 saturated carbocycles. The Bertz CT molecular complexity index is 756. The number of sulfone groups is 1. The molecule has 1 unspecified atom stereocenters. The summed E-state index contributed by atoms with van der Waals surface area (Å²) in [6, 6.07) is 3.68. The molecule has 1 aliphatic heterocycles. The number of nitrogens with one attached hydrogen (secondary N) is 1. The van der Waals surface area contributed by atoms with E-state index in [0.29, 0.717) is 11.5 Å². The molecule has 7 heteroatoms. The molecular formula is C15H18N4O2S. The van der Waals surface area contributed by atoms with Gasteiger partial charge in [0.15, 0.2) is 15.7 Å². The number of rotatable bonds is 3. The predicted octanol–water partition coefficient (Wildman–Crippen LogP) is 1.41. The van der Waals surface area contributed by atoms with E-state index < -0.39 is 9.84 Å². The van der Waals surface area contributed by atoms with Gasteiger partial charge in [-0.3, -0.25) is 4.98 Å². The van der Waals surface area contributed by atoms with E-state index in [1.165, 1.54) is 12.5 Å². The quantitative estimate of drug-likeness (QED) is 0.921. The lowest BCUT2D eigenvalue weighted by Crippen LogP contribution is -2.30. The number of aromatic nitrogens is 3. The summed E-state index contributed by atoms with van der Waals surface area (Å²) in [4.78, 5) is 13.1. The minimum absolute atomic E-state index is 0.0943. The molecule has 0 aromatic carbocycles. The average molecular weight is 318 g/mol. The third-order valence-corrected chi connectivity index (χ3v) is 4.90. The Morgan fingerprint density at radius 3 is 2.82 bits per heavy atom. The van der Waals surface area contributed by atoms with Crippen LogP contribution in [0.2, 0.25) is 0 Å². The lowest BCUT2D eigenvalue weighted by atomic mass is 9.96. The molecule has 116 valence electrons. The van der Waals surface area contributed by atoms with Crippen LogP contribution in [-0.4, -0.2) is 42.7 Å². The lowest BCUT2D eigenvalue weighted by Gasteiger charge is -2.24. The van der Waals surface area contributed by atoms with Gasteiger partial charge in [-0.05, 0) is 31.5 Å². The van der Waals surface area contributed by atoms with Crippen molar-refractivity contribution in [2.75, 3.05) is 19.3 Å². The summed E-state index contributed by atoms with van der Waals surface area (Å²) in [6.45, 7) is 1.71. The van der Waals surface area contributed by atoms with Gasteiger partial charge in [-0.1, -0.05) is 0 Å². The van der Waals surface area contributed by atoms with E-state index in [9.17, 15) is 8.42 Å². The Kier molecular flexibility index (Phi) is 4.17. The van der Waals surface area contributed by atoms with E-state index in [2.05, 4.69) is 20.3 Å². The van der Waals surface area contributed by atoms with E-state index in [1.54, 1.807) is 12.4 Å². The molecule has 0 amide bonds. The van der Waals surface area contributed by atoms with Crippen molar-refractivity contribution in [1.29, 1.82) is 0 Å². The zero-order chi connectivity index (χ0) is 15.6. The van der Waals surface area contributed by atoms with Gasteiger partial charge in [-0.25, -0.2) is 18.4 Å². The normalized spacial score (nSPS) is 19.0. The van der Waals surface area contributed by atoms with Gasteiger partial charge >= 0.3 is 0 Å². The Morgan fingerprint density at radius 2 is 2.18 bits per heavy atom. The highest BCUT2D eigenvalue weighted by Gasteiger charge is 2.25. The molecule has 1 atom stereocenters. The first-order valence-electron chi connectivity index (χ1n) is 7.24. The van der Waals surface area contributed by atoms with Crippen LogP contribution in [0.5, 0.6) is 0 Å². The fraction of sp³-hybridized carbons (Fsp3) is 0.400. The van der Waals surface area contributed by atoms with Gasteiger partial charge in [0.25, 0.3) is 0 Å². The first-order valence-corrected chi connectivity index (χ1v) is 9.13. The summed E-state index contributed by atoms with van der Waals surface area (Å²) in [5.74, 6) is 0.609. The summed E-state index contributed by atoms with van der Waals surface area (Å²) < 4.78 is 24.1. The molecule has 3 rings (SSSR count). The third kappa shape index (κ3) is 3.15. The topological polar surface area (TPSA) is 84.8 Å². The molecule has 0 spiro atoms. The van der Waals surface area contributed by atoms with Gasteiger partial charge in [0.05, 0.1) is 5.69 Å². The Balaban J connectivity index is 2.10. The zero-order valence-corrected chi connectivity index (χ0v) is 13.2. The molecule has 22 heavy (non-hydrogen) atoms. The minimum atomic E-state index is -3.35. The van der Waals surface area contributed by atoms with E-state index in [1.807, 2.05) is 12.1 Å². The highest BCUT2D eigenvalue weighted by atomic mass is 32.2. The molecule has 3 heterocycles. The van der Waals surface area contributed by atoms with Crippen LogP contribution in [0.3, 0.4) is 0 Å². The standard InChI is InChI=1S/C15H18N4O2S/c1-22(20,21)13-10-18-15(12-5-3-7-17-9-12)19-14(13)11-4-2-6-16-8-11/h3,5,7,9-11,16H,2,4,6,8H2,1H3. The average Bonchev–Trinajstić information content (AvgIpc) is 2.55. The fourth-order valence-corrected chi connectivity index (χ4v) is 3.52. The maximum atomic E-state index is 12.0. The zero-order valence-electron chi connectivity index (χ0n) is 12.4. The van der Waals surface area contributed by atoms with Gasteiger partial charge < -0.3 is 5.32 Å². The van der Waals surface area contributed by atoms with Crippen LogP contribution in [0.1, 0.15) is 24.5 Å². The van der Waals surface area contributed by atoms with Gasteiger partial charge in [-0.2, -0.15) is 0 Å². The van der Waals surface area contributed by atoms with Crippen molar-refractivity contribution in [3.05, 3.63) is 36.4 Å². The van der Waals surface area contributed by atoms with Crippen molar-refractivity contribution in [2.24, 2.45) is 0 Å². The summed E-state index contributed by atoms with van der Waals surface area (Å²) in [5.41, 5.74) is 1.40. The Morgan fingerprint density at radius 1 is 1.32 bits per heavy atom. The second-order valence-electron chi connectivity index (χ2n) is 5.50. The number of piperidine rings is 1. The number of hydrogen-bond donors (Lipinski definition) is 1. The molecule has 0 bridgehead atoms. The second kappa shape index (κ2) is 6.10. The number of pyridine rings is 1. The van der Waals surface area contributed by atoms with E-state index >= 15 is 0 Å². The number of nitrogens with zero attached hydrogens (tertiary/aromatic N) is 3. The minimum Gasteiger partial charge on any atom is -0.316 e. The van der Waals surface area contributed by atoms with Gasteiger partial charge in [-0.15, -0.1) is 0 Å². The van der Waals surface area contributed by atoms with Gasteiger partial charge in [0.1, 0.15) is 4.90 Å². The summed E-state index contributed by atoms with van der Waals surface area (Å²) in [5, 5.41) is 3.30. The summed E-state index contributed by atoms with van der Waals surface area (Å²) in [6.07, 6.45) is 7.93. The van der Waals surface area contributed by atoms with Crippen LogP contribution in [0.25, 0.3) is 11.4 Å². The third-order valence-electron chi connectivity index (χ3n) is 3.79. The SMILES string of the molecule is CS(=O)(=O)c1cnc(-c2cccnc2)nc1C1CCCNC1. The van der Waals surface area contributed by atoms with Crippen molar-refractivity contribution in [3.63, 3.8) is 0 Å². The monoisotopic (exact) mass is 318 g/mol. The van der Waals surface area contributed by atoms with E-state index in [0.717, 1.165) is 31.5 Å². The van der Waals surface area contributed by atoms with Gasteiger partial charge in [0.2, 0.25) is 0 Å². The van der Waals surface area contributed by atoms with Crippen LogP contribution in [0.4, 0.5) is 0 Å². The van der Waals surface area contributed by atoms with E-state index in [4.69, 9.17) is 0 Å². The van der Waals surface area contributed by atoms with E-state index in [-0.39, 0.29) is 10.8 Å². The summed E-state index contributed by atoms with van der Waals surface area (Å²) >= 11 is 0. The largest absolute Gasteiger partial charge is 0.316 e. The maximum absolute atomic E-state index is 12.0. The smallest absolute Gasteiger partial charge is 0.178 e. The molecule has 2 aromatic rings. The van der Waals surface area contributed by atoms with Crippen molar-refractivity contribution >= 4 is 9.84 Å². The Labute approximate surface area is 130 Å². The van der Waals surface area contributed by atoms with Crippen LogP contribution in [-0.2, 0) is 9.84 Å². The lowest BCUT2D eigenvalue weighted by molar-refractivity contribution is 0.448.